The maximum Gasteiger partial charge on any atom is 0.228 e. The van der Waals surface area contributed by atoms with Gasteiger partial charge in [0, 0.05) is 24.3 Å². The molecule has 5 nitrogen and oxygen atoms in total. The minimum atomic E-state index is 0.300. The van der Waals surface area contributed by atoms with Crippen LogP contribution in [0, 0.1) is 0 Å². The van der Waals surface area contributed by atoms with Gasteiger partial charge >= 0.3 is 0 Å². The molecule has 1 aliphatic rings. The van der Waals surface area contributed by atoms with Crippen LogP contribution in [0.5, 0.6) is 0 Å². The molecule has 2 heterocycles. The second-order valence-electron chi connectivity index (χ2n) is 4.56. The fraction of sp³-hybridized carbons (Fsp3) is 0.833. The summed E-state index contributed by atoms with van der Waals surface area (Å²) < 4.78 is 10.7. The molecule has 0 aliphatic carbocycles. The number of hydrogen-bond donors (Lipinski definition) is 1. The Morgan fingerprint density at radius 1 is 1.56 bits per heavy atom. The largest absolute Gasteiger partial charge is 0.378 e. The van der Waals surface area contributed by atoms with E-state index in [4.69, 9.17) is 9.26 Å². The van der Waals surface area contributed by atoms with Crippen LogP contribution in [-0.2, 0) is 16.9 Å². The highest BCUT2D eigenvalue weighted by Gasteiger charge is 2.17. The molecule has 1 aromatic heterocycles. The number of nitrogens with one attached hydrogen (secondary N) is 1. The lowest BCUT2D eigenvalue weighted by Gasteiger charge is -2.22. The SMILES string of the molecule is CCC(C)SCc1noc(CC2COCCN2)n1. The van der Waals surface area contributed by atoms with Crippen molar-refractivity contribution in [3.8, 4) is 0 Å². The van der Waals surface area contributed by atoms with E-state index >= 15 is 0 Å². The molecule has 2 atom stereocenters. The Kier molecular flexibility index (Phi) is 5.46. The van der Waals surface area contributed by atoms with Gasteiger partial charge in [0.15, 0.2) is 5.82 Å². The number of aromatic nitrogens is 2. The van der Waals surface area contributed by atoms with Crippen molar-refractivity contribution >= 4 is 11.8 Å². The Morgan fingerprint density at radius 2 is 2.44 bits per heavy atom. The number of ether oxygens (including phenoxy) is 1. The van der Waals surface area contributed by atoms with Gasteiger partial charge in [-0.25, -0.2) is 0 Å². The normalized spacial score (nSPS) is 22.0. The van der Waals surface area contributed by atoms with Gasteiger partial charge in [0.2, 0.25) is 5.89 Å². The third-order valence-electron chi connectivity index (χ3n) is 3.00. The molecule has 0 saturated carbocycles. The molecule has 1 aromatic rings. The zero-order valence-corrected chi connectivity index (χ0v) is 11.8. The molecule has 0 spiro atoms. The average Bonchev–Trinajstić information content (AvgIpc) is 2.85. The van der Waals surface area contributed by atoms with E-state index in [0.29, 0.717) is 17.2 Å². The summed E-state index contributed by atoms with van der Waals surface area (Å²) in [5, 5.41) is 8.03. The molecule has 18 heavy (non-hydrogen) atoms. The van der Waals surface area contributed by atoms with Gasteiger partial charge in [-0.3, -0.25) is 0 Å². The Hall–Kier alpha value is -0.590. The van der Waals surface area contributed by atoms with E-state index in [1.807, 2.05) is 11.8 Å². The van der Waals surface area contributed by atoms with Crippen LogP contribution in [0.2, 0.25) is 0 Å². The van der Waals surface area contributed by atoms with Crippen molar-refractivity contribution < 1.29 is 9.26 Å². The van der Waals surface area contributed by atoms with Crippen molar-refractivity contribution in [2.75, 3.05) is 19.8 Å². The summed E-state index contributed by atoms with van der Waals surface area (Å²) in [7, 11) is 0. The molecule has 0 aromatic carbocycles. The number of morpholine rings is 1. The molecule has 0 amide bonds. The fourth-order valence-electron chi connectivity index (χ4n) is 1.73. The summed E-state index contributed by atoms with van der Waals surface area (Å²) >= 11 is 1.86. The van der Waals surface area contributed by atoms with Crippen LogP contribution < -0.4 is 5.32 Å². The summed E-state index contributed by atoms with van der Waals surface area (Å²) in [6.45, 7) is 6.81. The van der Waals surface area contributed by atoms with E-state index in [9.17, 15) is 0 Å². The highest BCUT2D eigenvalue weighted by atomic mass is 32.2. The third kappa shape index (κ3) is 4.26. The monoisotopic (exact) mass is 271 g/mol. The molecule has 0 radical (unpaired) electrons. The van der Waals surface area contributed by atoms with Gasteiger partial charge in [0.1, 0.15) is 0 Å². The molecule has 2 rings (SSSR count). The van der Waals surface area contributed by atoms with Crippen molar-refractivity contribution in [1.29, 1.82) is 0 Å². The number of thioether (sulfide) groups is 1. The van der Waals surface area contributed by atoms with Crippen molar-refractivity contribution in [3.05, 3.63) is 11.7 Å². The molecular weight excluding hydrogens is 250 g/mol. The molecule has 1 fully saturated rings. The molecule has 1 aliphatic heterocycles. The van der Waals surface area contributed by atoms with E-state index in [0.717, 1.165) is 37.8 Å². The number of rotatable bonds is 6. The zero-order chi connectivity index (χ0) is 12.8. The second kappa shape index (κ2) is 7.11. The van der Waals surface area contributed by atoms with Gasteiger partial charge in [-0.15, -0.1) is 0 Å². The van der Waals surface area contributed by atoms with Gasteiger partial charge in [-0.05, 0) is 6.42 Å². The summed E-state index contributed by atoms with van der Waals surface area (Å²) in [4.78, 5) is 4.42. The first-order chi connectivity index (χ1) is 8.78. The van der Waals surface area contributed by atoms with Gasteiger partial charge < -0.3 is 14.6 Å². The summed E-state index contributed by atoms with van der Waals surface area (Å²) in [5.74, 6) is 2.33. The maximum absolute atomic E-state index is 5.40. The van der Waals surface area contributed by atoms with E-state index in [-0.39, 0.29) is 0 Å². The van der Waals surface area contributed by atoms with Crippen LogP contribution in [0.25, 0.3) is 0 Å². The summed E-state index contributed by atoms with van der Waals surface area (Å²) in [6.07, 6.45) is 1.92. The fourth-order valence-corrected chi connectivity index (χ4v) is 2.51. The number of nitrogens with zero attached hydrogens (tertiary/aromatic N) is 2. The maximum atomic E-state index is 5.40. The lowest BCUT2D eigenvalue weighted by Crippen LogP contribution is -2.42. The van der Waals surface area contributed by atoms with Gasteiger partial charge in [0.25, 0.3) is 0 Å². The van der Waals surface area contributed by atoms with Crippen molar-refractivity contribution in [3.63, 3.8) is 0 Å². The smallest absolute Gasteiger partial charge is 0.228 e. The Balaban J connectivity index is 1.78. The minimum Gasteiger partial charge on any atom is -0.378 e. The second-order valence-corrected chi connectivity index (χ2v) is 5.99. The van der Waals surface area contributed by atoms with Crippen LogP contribution >= 0.6 is 11.8 Å². The quantitative estimate of drug-likeness (QED) is 0.848. The Bertz CT molecular complexity index is 353. The average molecular weight is 271 g/mol. The first kappa shape index (κ1) is 13.8. The van der Waals surface area contributed by atoms with Gasteiger partial charge in [-0.2, -0.15) is 16.7 Å². The van der Waals surface area contributed by atoms with Gasteiger partial charge in [-0.1, -0.05) is 19.0 Å². The molecule has 1 N–H and O–H groups in total. The van der Waals surface area contributed by atoms with Crippen molar-refractivity contribution in [1.82, 2.24) is 15.5 Å². The molecule has 0 bridgehead atoms. The van der Waals surface area contributed by atoms with Crippen LogP contribution in [0.4, 0.5) is 0 Å². The van der Waals surface area contributed by atoms with E-state index in [1.165, 1.54) is 6.42 Å². The topological polar surface area (TPSA) is 60.2 Å². The predicted molar refractivity (Wildman–Crippen MR) is 71.7 cm³/mol. The third-order valence-corrected chi connectivity index (χ3v) is 4.33. The molecule has 102 valence electrons. The highest BCUT2D eigenvalue weighted by Crippen LogP contribution is 2.18. The molecule has 6 heteroatoms. The minimum absolute atomic E-state index is 0.300. The van der Waals surface area contributed by atoms with Crippen LogP contribution in [0.15, 0.2) is 4.52 Å². The summed E-state index contributed by atoms with van der Waals surface area (Å²) in [5.41, 5.74) is 0. The first-order valence-corrected chi connectivity index (χ1v) is 7.57. The Morgan fingerprint density at radius 3 is 3.17 bits per heavy atom. The van der Waals surface area contributed by atoms with Crippen molar-refractivity contribution in [2.24, 2.45) is 0 Å². The van der Waals surface area contributed by atoms with Crippen LogP contribution in [0.1, 0.15) is 32.0 Å². The standard InChI is InChI=1S/C12H21N3O2S/c1-3-9(2)18-8-11-14-12(17-15-11)6-10-7-16-5-4-13-10/h9-10,13H,3-8H2,1-2H3. The lowest BCUT2D eigenvalue weighted by atomic mass is 10.2. The van der Waals surface area contributed by atoms with Crippen LogP contribution in [0.3, 0.4) is 0 Å². The zero-order valence-electron chi connectivity index (χ0n) is 11.0. The lowest BCUT2D eigenvalue weighted by molar-refractivity contribution is 0.0744. The predicted octanol–water partition coefficient (Wildman–Crippen LogP) is 1.63. The van der Waals surface area contributed by atoms with Crippen LogP contribution in [-0.4, -0.2) is 41.2 Å². The first-order valence-electron chi connectivity index (χ1n) is 6.52. The van der Waals surface area contributed by atoms with E-state index in [2.05, 4.69) is 29.3 Å². The Labute approximate surface area is 112 Å². The highest BCUT2D eigenvalue weighted by molar-refractivity contribution is 7.99. The molecular formula is C12H21N3O2S. The number of hydrogen-bond acceptors (Lipinski definition) is 6. The van der Waals surface area contributed by atoms with Crippen molar-refractivity contribution in [2.45, 2.75) is 43.7 Å². The molecule has 1 saturated heterocycles. The van der Waals surface area contributed by atoms with E-state index < -0.39 is 0 Å². The van der Waals surface area contributed by atoms with E-state index in [1.54, 1.807) is 0 Å². The van der Waals surface area contributed by atoms with Gasteiger partial charge in [0.05, 0.1) is 19.0 Å². The molecule has 2 unspecified atom stereocenters. The summed E-state index contributed by atoms with van der Waals surface area (Å²) in [6, 6.07) is 0.300.